The molecule has 5 rings (SSSR count). The van der Waals surface area contributed by atoms with Crippen molar-refractivity contribution in [2.75, 3.05) is 26.2 Å². The van der Waals surface area contributed by atoms with E-state index in [1.54, 1.807) is 0 Å². The molecule has 0 radical (unpaired) electrons. The molecular weight excluding hydrogens is 499 g/mol. The van der Waals surface area contributed by atoms with Crippen LogP contribution in [0.3, 0.4) is 0 Å². The smallest absolute Gasteiger partial charge is 0.133 e. The number of hydrogen-bond acceptors (Lipinski definition) is 3. The number of likely N-dealkylation sites (tertiary alicyclic amines) is 1. The van der Waals surface area contributed by atoms with Crippen LogP contribution in [0, 0.1) is 3.57 Å². The zero-order valence-corrected chi connectivity index (χ0v) is 20.2. The lowest BCUT2D eigenvalue weighted by Crippen LogP contribution is -2.21. The number of rotatable bonds is 7. The summed E-state index contributed by atoms with van der Waals surface area (Å²) in [5, 5.41) is 5.85. The minimum atomic E-state index is 0.148. The Bertz CT molecular complexity index is 1040. The third-order valence-electron chi connectivity index (χ3n) is 6.46. The minimum Gasteiger partial charge on any atom is -0.358 e. The summed E-state index contributed by atoms with van der Waals surface area (Å²) in [6.45, 7) is 5.57. The zero-order valence-electron chi connectivity index (χ0n) is 18.0. The van der Waals surface area contributed by atoms with Gasteiger partial charge in [0, 0.05) is 45.6 Å². The first-order chi connectivity index (χ1) is 15.3. The van der Waals surface area contributed by atoms with Crippen molar-refractivity contribution in [2.24, 2.45) is 0 Å². The minimum absolute atomic E-state index is 0.148. The second-order valence-corrected chi connectivity index (χ2v) is 9.99. The van der Waals surface area contributed by atoms with Crippen LogP contribution in [0.2, 0.25) is 0 Å². The highest BCUT2D eigenvalue weighted by Crippen LogP contribution is 2.32. The predicted octanol–water partition coefficient (Wildman–Crippen LogP) is 5.80. The van der Waals surface area contributed by atoms with Gasteiger partial charge in [-0.15, -0.1) is 0 Å². The summed E-state index contributed by atoms with van der Waals surface area (Å²) < 4.78 is 11.8. The fraction of sp³-hybridized carbons (Fsp3) is 0.480. The average Bonchev–Trinajstić information content (AvgIpc) is 3.53. The molecule has 2 saturated heterocycles. The molecule has 0 spiro atoms. The van der Waals surface area contributed by atoms with E-state index in [2.05, 4.69) is 84.6 Å². The van der Waals surface area contributed by atoms with Gasteiger partial charge in [0.2, 0.25) is 0 Å². The number of aromatic nitrogens is 3. The first-order valence-electron chi connectivity index (χ1n) is 11.6. The average molecular weight is 530 g/mol. The number of hydrogen-bond donors (Lipinski definition) is 0. The SMILES string of the molecule is Ic1ccc2c(/C=C/c3cnn(CCCN4CCCC4)c3)cn(C3CCCCO3)c2c1. The fourth-order valence-corrected chi connectivity index (χ4v) is 5.28. The first-order valence-corrected chi connectivity index (χ1v) is 12.7. The summed E-state index contributed by atoms with van der Waals surface area (Å²) in [4.78, 5) is 2.57. The van der Waals surface area contributed by atoms with Crippen molar-refractivity contribution in [1.29, 1.82) is 0 Å². The van der Waals surface area contributed by atoms with Crippen molar-refractivity contribution in [3.8, 4) is 0 Å². The fourth-order valence-electron chi connectivity index (χ4n) is 4.80. The van der Waals surface area contributed by atoms with Crippen LogP contribution in [0.15, 0.2) is 36.8 Å². The van der Waals surface area contributed by atoms with Crippen LogP contribution in [-0.2, 0) is 11.3 Å². The van der Waals surface area contributed by atoms with Gasteiger partial charge in [0.1, 0.15) is 6.23 Å². The highest BCUT2D eigenvalue weighted by Gasteiger charge is 2.19. The van der Waals surface area contributed by atoms with Gasteiger partial charge in [0.15, 0.2) is 0 Å². The molecule has 1 unspecified atom stereocenters. The molecule has 2 aliphatic heterocycles. The largest absolute Gasteiger partial charge is 0.358 e. The van der Waals surface area contributed by atoms with Crippen molar-refractivity contribution in [3.05, 3.63) is 51.5 Å². The molecule has 1 atom stereocenters. The van der Waals surface area contributed by atoms with Gasteiger partial charge >= 0.3 is 0 Å². The van der Waals surface area contributed by atoms with Crippen molar-refractivity contribution in [3.63, 3.8) is 0 Å². The first kappa shape index (κ1) is 21.2. The normalized spacial score (nSPS) is 20.4. The molecule has 31 heavy (non-hydrogen) atoms. The number of aryl methyl sites for hydroxylation is 1. The number of benzene rings is 1. The lowest BCUT2D eigenvalue weighted by atomic mass is 10.1. The van der Waals surface area contributed by atoms with Crippen LogP contribution in [0.5, 0.6) is 0 Å². The van der Waals surface area contributed by atoms with Crippen LogP contribution >= 0.6 is 22.6 Å². The third-order valence-corrected chi connectivity index (χ3v) is 7.13. The molecule has 0 aliphatic carbocycles. The van der Waals surface area contributed by atoms with Gasteiger partial charge in [-0.1, -0.05) is 18.2 Å². The molecule has 3 aromatic rings. The van der Waals surface area contributed by atoms with Crippen molar-refractivity contribution >= 4 is 45.6 Å². The molecular formula is C25H31IN4O. The quantitative estimate of drug-likeness (QED) is 0.363. The Morgan fingerprint density at radius 1 is 1.06 bits per heavy atom. The van der Waals surface area contributed by atoms with E-state index in [0.29, 0.717) is 0 Å². The van der Waals surface area contributed by atoms with Crippen LogP contribution in [-0.4, -0.2) is 45.5 Å². The Hall–Kier alpha value is -1.64. The molecule has 2 aliphatic rings. The van der Waals surface area contributed by atoms with Gasteiger partial charge in [-0.25, -0.2) is 0 Å². The van der Waals surface area contributed by atoms with Crippen LogP contribution < -0.4 is 0 Å². The number of nitrogens with zero attached hydrogens (tertiary/aromatic N) is 4. The summed E-state index contributed by atoms with van der Waals surface area (Å²) in [6.07, 6.45) is 18.3. The maximum Gasteiger partial charge on any atom is 0.133 e. The number of halogens is 1. The maximum absolute atomic E-state index is 6.09. The molecule has 5 nitrogen and oxygen atoms in total. The summed E-state index contributed by atoms with van der Waals surface area (Å²) >= 11 is 2.39. The van der Waals surface area contributed by atoms with Gasteiger partial charge in [0.05, 0.1) is 11.7 Å². The second-order valence-electron chi connectivity index (χ2n) is 8.75. The van der Waals surface area contributed by atoms with E-state index >= 15 is 0 Å². The van der Waals surface area contributed by atoms with E-state index < -0.39 is 0 Å². The molecule has 0 bridgehead atoms. The lowest BCUT2D eigenvalue weighted by molar-refractivity contribution is -0.0292. The monoisotopic (exact) mass is 530 g/mol. The van der Waals surface area contributed by atoms with E-state index in [-0.39, 0.29) is 6.23 Å². The molecule has 2 aromatic heterocycles. The number of fused-ring (bicyclic) bond motifs is 1. The van der Waals surface area contributed by atoms with Crippen LogP contribution in [0.1, 0.15) is 55.9 Å². The molecule has 0 N–H and O–H groups in total. The van der Waals surface area contributed by atoms with Gasteiger partial charge < -0.3 is 14.2 Å². The van der Waals surface area contributed by atoms with Crippen LogP contribution in [0.4, 0.5) is 0 Å². The predicted molar refractivity (Wildman–Crippen MR) is 135 cm³/mol. The van der Waals surface area contributed by atoms with Gasteiger partial charge in [-0.3, -0.25) is 4.68 Å². The Morgan fingerprint density at radius 3 is 2.81 bits per heavy atom. The molecule has 1 aromatic carbocycles. The van der Waals surface area contributed by atoms with Crippen molar-refractivity contribution < 1.29 is 4.74 Å². The third kappa shape index (κ3) is 5.07. The summed E-state index contributed by atoms with van der Waals surface area (Å²) in [7, 11) is 0. The highest BCUT2D eigenvalue weighted by atomic mass is 127. The summed E-state index contributed by atoms with van der Waals surface area (Å²) in [6, 6.07) is 6.69. The van der Waals surface area contributed by atoms with E-state index in [4.69, 9.17) is 4.74 Å². The number of ether oxygens (including phenoxy) is 1. The Labute approximate surface area is 198 Å². The molecule has 0 saturated carbocycles. The topological polar surface area (TPSA) is 35.2 Å². The van der Waals surface area contributed by atoms with Gasteiger partial charge in [-0.2, -0.15) is 5.10 Å². The Morgan fingerprint density at radius 2 is 1.97 bits per heavy atom. The lowest BCUT2D eigenvalue weighted by Gasteiger charge is -2.24. The second kappa shape index (κ2) is 9.88. The maximum atomic E-state index is 6.09. The standard InChI is InChI=1S/C25H31IN4O/c26-22-9-10-23-21(19-30(24(23)16-22)25-6-1-4-15-31-25)8-7-20-17-27-29(18-20)14-5-13-28-11-2-3-12-28/h7-10,16-19,25H,1-6,11-15H2/b8-7+. The summed E-state index contributed by atoms with van der Waals surface area (Å²) in [5.74, 6) is 0. The zero-order chi connectivity index (χ0) is 21.0. The van der Waals surface area contributed by atoms with E-state index in [1.165, 1.54) is 71.8 Å². The Kier molecular flexibility index (Phi) is 6.76. The van der Waals surface area contributed by atoms with Crippen LogP contribution in [0.25, 0.3) is 23.1 Å². The van der Waals surface area contributed by atoms with Crippen molar-refractivity contribution in [1.82, 2.24) is 19.2 Å². The van der Waals surface area contributed by atoms with Gasteiger partial charge in [-0.05, 0) is 92.9 Å². The van der Waals surface area contributed by atoms with Crippen molar-refractivity contribution in [2.45, 2.75) is 51.3 Å². The van der Waals surface area contributed by atoms with Gasteiger partial charge in [0.25, 0.3) is 0 Å². The summed E-state index contributed by atoms with van der Waals surface area (Å²) in [5.41, 5.74) is 3.65. The Balaban J connectivity index is 1.30. The molecule has 164 valence electrons. The van der Waals surface area contributed by atoms with E-state index in [1.807, 2.05) is 6.20 Å². The van der Waals surface area contributed by atoms with E-state index in [0.717, 1.165) is 25.1 Å². The molecule has 2 fully saturated rings. The van der Waals surface area contributed by atoms with E-state index in [9.17, 15) is 0 Å². The molecule has 6 heteroatoms. The molecule has 4 heterocycles. The highest BCUT2D eigenvalue weighted by molar-refractivity contribution is 14.1. The molecule has 0 amide bonds.